The molecule has 1 aromatic heterocycles. The maximum atomic E-state index is 12.5. The number of aromatic amines is 1. The highest BCUT2D eigenvalue weighted by molar-refractivity contribution is 7.97. The second kappa shape index (κ2) is 6.69. The van der Waals surface area contributed by atoms with E-state index in [9.17, 15) is 9.59 Å². The van der Waals surface area contributed by atoms with Crippen LogP contribution >= 0.6 is 11.8 Å². The molecule has 0 amide bonds. The van der Waals surface area contributed by atoms with Crippen molar-refractivity contribution in [2.45, 2.75) is 25.6 Å². The Labute approximate surface area is 144 Å². The van der Waals surface area contributed by atoms with E-state index in [1.807, 2.05) is 62.6 Å². The third-order valence-electron chi connectivity index (χ3n) is 4.12. The van der Waals surface area contributed by atoms with E-state index in [0.717, 1.165) is 22.0 Å². The largest absolute Gasteiger partial charge is 0.329 e. The third kappa shape index (κ3) is 2.80. The summed E-state index contributed by atoms with van der Waals surface area (Å²) >= 11 is 1.55. The zero-order chi connectivity index (χ0) is 17.3. The Morgan fingerprint density at radius 3 is 2.50 bits per heavy atom. The molecule has 0 unspecified atom stereocenters. The van der Waals surface area contributed by atoms with Gasteiger partial charge in [0.05, 0.1) is 11.6 Å². The minimum Gasteiger partial charge on any atom is -0.283 e. The van der Waals surface area contributed by atoms with Gasteiger partial charge in [-0.05, 0) is 22.9 Å². The van der Waals surface area contributed by atoms with E-state index < -0.39 is 0 Å². The summed E-state index contributed by atoms with van der Waals surface area (Å²) < 4.78 is 1.67. The summed E-state index contributed by atoms with van der Waals surface area (Å²) in [4.78, 5) is 27.4. The van der Waals surface area contributed by atoms with Gasteiger partial charge in [-0.15, -0.1) is 11.8 Å². The number of aromatic nitrogens is 2. The van der Waals surface area contributed by atoms with Crippen molar-refractivity contribution in [3.63, 3.8) is 0 Å². The normalized spacial score (nSPS) is 11.3. The Morgan fingerprint density at radius 2 is 1.79 bits per heavy atom. The molecule has 0 atom stereocenters. The first kappa shape index (κ1) is 16.6. The summed E-state index contributed by atoms with van der Waals surface area (Å²) in [6, 6.07) is 14.0. The van der Waals surface area contributed by atoms with Gasteiger partial charge in [-0.2, -0.15) is 0 Å². The van der Waals surface area contributed by atoms with Crippen molar-refractivity contribution in [3.8, 4) is 11.3 Å². The van der Waals surface area contributed by atoms with E-state index in [2.05, 4.69) is 4.98 Å². The summed E-state index contributed by atoms with van der Waals surface area (Å²) in [6.07, 6.45) is 1.94. The van der Waals surface area contributed by atoms with Crippen LogP contribution in [0.4, 0.5) is 0 Å². The Hall–Kier alpha value is -2.27. The summed E-state index contributed by atoms with van der Waals surface area (Å²) in [6.45, 7) is 3.96. The molecule has 0 bridgehead atoms. The number of rotatable bonds is 4. The summed E-state index contributed by atoms with van der Waals surface area (Å²) in [7, 11) is 0. The van der Waals surface area contributed by atoms with Crippen molar-refractivity contribution in [1.82, 2.24) is 9.55 Å². The molecule has 0 radical (unpaired) electrons. The van der Waals surface area contributed by atoms with E-state index in [1.165, 1.54) is 0 Å². The number of benzene rings is 2. The molecule has 0 saturated carbocycles. The van der Waals surface area contributed by atoms with Crippen molar-refractivity contribution >= 4 is 22.5 Å². The minimum absolute atomic E-state index is 0.0106. The number of H-pyrrole nitrogens is 1. The Bertz CT molecular complexity index is 997. The SMILES string of the molecule is CSCn1c(-c2cccc3ccccc23)c(C(C)C)c(=O)[nH]c1=O. The van der Waals surface area contributed by atoms with Crippen LogP contribution in [0.3, 0.4) is 0 Å². The molecular formula is C19H20N2O2S. The van der Waals surface area contributed by atoms with E-state index >= 15 is 0 Å². The first-order chi connectivity index (χ1) is 11.5. The number of hydrogen-bond acceptors (Lipinski definition) is 3. The number of hydrogen-bond donors (Lipinski definition) is 1. The number of nitrogens with one attached hydrogen (secondary N) is 1. The molecule has 2 aromatic carbocycles. The predicted octanol–water partition coefficient (Wildman–Crippen LogP) is 3.80. The number of fused-ring (bicyclic) bond motifs is 1. The van der Waals surface area contributed by atoms with Gasteiger partial charge in [0, 0.05) is 11.1 Å². The molecule has 0 saturated heterocycles. The van der Waals surface area contributed by atoms with Crippen LogP contribution < -0.4 is 11.2 Å². The zero-order valence-corrected chi connectivity index (χ0v) is 14.8. The van der Waals surface area contributed by atoms with Crippen molar-refractivity contribution in [2.75, 3.05) is 6.26 Å². The molecule has 0 aliphatic heterocycles. The fourth-order valence-electron chi connectivity index (χ4n) is 3.10. The fraction of sp³-hybridized carbons (Fsp3) is 0.263. The molecule has 124 valence electrons. The van der Waals surface area contributed by atoms with Crippen LogP contribution in [0.25, 0.3) is 22.0 Å². The van der Waals surface area contributed by atoms with Gasteiger partial charge in [0.1, 0.15) is 0 Å². The van der Waals surface area contributed by atoms with Gasteiger partial charge in [0.15, 0.2) is 0 Å². The Kier molecular flexibility index (Phi) is 4.62. The fourth-order valence-corrected chi connectivity index (χ4v) is 3.60. The number of nitrogens with zero attached hydrogens (tertiary/aromatic N) is 1. The van der Waals surface area contributed by atoms with E-state index in [4.69, 9.17) is 0 Å². The average molecular weight is 340 g/mol. The molecule has 4 nitrogen and oxygen atoms in total. The van der Waals surface area contributed by atoms with Gasteiger partial charge in [0.2, 0.25) is 0 Å². The van der Waals surface area contributed by atoms with Gasteiger partial charge in [-0.1, -0.05) is 56.3 Å². The topological polar surface area (TPSA) is 54.9 Å². The quantitative estimate of drug-likeness (QED) is 0.786. The van der Waals surface area contributed by atoms with Gasteiger partial charge in [0.25, 0.3) is 5.56 Å². The number of thioether (sulfide) groups is 1. The molecule has 24 heavy (non-hydrogen) atoms. The summed E-state index contributed by atoms with van der Waals surface area (Å²) in [5.74, 6) is 0.505. The molecule has 1 N–H and O–H groups in total. The Balaban J connectivity index is 2.49. The minimum atomic E-state index is -0.360. The molecule has 0 aliphatic carbocycles. The maximum absolute atomic E-state index is 12.5. The molecule has 0 spiro atoms. The zero-order valence-electron chi connectivity index (χ0n) is 14.0. The van der Waals surface area contributed by atoms with E-state index in [0.29, 0.717) is 11.4 Å². The monoisotopic (exact) mass is 340 g/mol. The van der Waals surface area contributed by atoms with E-state index in [1.54, 1.807) is 16.3 Å². The van der Waals surface area contributed by atoms with Crippen molar-refractivity contribution in [2.24, 2.45) is 0 Å². The highest BCUT2D eigenvalue weighted by Gasteiger charge is 2.20. The van der Waals surface area contributed by atoms with Crippen LogP contribution in [0.5, 0.6) is 0 Å². The molecule has 3 rings (SSSR count). The average Bonchev–Trinajstić information content (AvgIpc) is 2.56. The van der Waals surface area contributed by atoms with Crippen molar-refractivity contribution in [1.29, 1.82) is 0 Å². The predicted molar refractivity (Wildman–Crippen MR) is 102 cm³/mol. The summed E-state index contributed by atoms with van der Waals surface area (Å²) in [5, 5.41) is 2.13. The van der Waals surface area contributed by atoms with Crippen LogP contribution in [-0.2, 0) is 5.88 Å². The smallest absolute Gasteiger partial charge is 0.283 e. The van der Waals surface area contributed by atoms with Crippen molar-refractivity contribution in [3.05, 3.63) is 68.9 Å². The lowest BCUT2D eigenvalue weighted by atomic mass is 9.94. The molecule has 0 fully saturated rings. The van der Waals surface area contributed by atoms with E-state index in [-0.39, 0.29) is 17.2 Å². The lowest BCUT2D eigenvalue weighted by Crippen LogP contribution is -2.34. The van der Waals surface area contributed by atoms with Gasteiger partial charge >= 0.3 is 5.69 Å². The highest BCUT2D eigenvalue weighted by Crippen LogP contribution is 2.32. The van der Waals surface area contributed by atoms with Gasteiger partial charge in [-0.3, -0.25) is 14.3 Å². The van der Waals surface area contributed by atoms with Crippen LogP contribution in [0.15, 0.2) is 52.1 Å². The molecule has 3 aromatic rings. The summed E-state index contributed by atoms with van der Waals surface area (Å²) in [5.41, 5.74) is 1.65. The lowest BCUT2D eigenvalue weighted by molar-refractivity contribution is 0.743. The molecular weight excluding hydrogens is 320 g/mol. The first-order valence-electron chi connectivity index (χ1n) is 7.88. The van der Waals surface area contributed by atoms with Gasteiger partial charge < -0.3 is 0 Å². The van der Waals surface area contributed by atoms with Gasteiger partial charge in [-0.25, -0.2) is 4.79 Å². The molecule has 1 heterocycles. The van der Waals surface area contributed by atoms with Crippen LogP contribution in [0.1, 0.15) is 25.3 Å². The standard InChI is InChI=1S/C19H20N2O2S/c1-12(2)16-17(21(11-24-3)19(23)20-18(16)22)15-10-6-8-13-7-4-5-9-14(13)15/h4-10,12H,11H2,1-3H3,(H,20,22,23). The molecule has 0 aliphatic rings. The first-order valence-corrected chi connectivity index (χ1v) is 9.28. The highest BCUT2D eigenvalue weighted by atomic mass is 32.2. The molecule has 5 heteroatoms. The maximum Gasteiger partial charge on any atom is 0.329 e. The van der Waals surface area contributed by atoms with Crippen LogP contribution in [0, 0.1) is 0 Å². The second-order valence-electron chi connectivity index (χ2n) is 6.05. The van der Waals surface area contributed by atoms with Crippen molar-refractivity contribution < 1.29 is 0 Å². The van der Waals surface area contributed by atoms with Crippen LogP contribution in [-0.4, -0.2) is 15.8 Å². The lowest BCUT2D eigenvalue weighted by Gasteiger charge is -2.19. The Morgan fingerprint density at radius 1 is 1.08 bits per heavy atom. The van der Waals surface area contributed by atoms with Crippen LogP contribution in [0.2, 0.25) is 0 Å². The third-order valence-corrected chi connectivity index (χ3v) is 4.63. The second-order valence-corrected chi connectivity index (χ2v) is 6.88.